The minimum atomic E-state index is 0.149. The summed E-state index contributed by atoms with van der Waals surface area (Å²) in [5.74, 6) is 0.549. The Balaban J connectivity index is 1.60. The molecule has 2 heterocycles. The standard InChI is InChI=1S/C13H14N4OS/c18-12(8-19-13-14-9-15-16-13)17-6-5-10-3-1-2-4-11(10)7-17/h1-4,9H,5-8H2,(H,14,15,16). The van der Waals surface area contributed by atoms with Crippen LogP contribution in [0.3, 0.4) is 0 Å². The van der Waals surface area contributed by atoms with Crippen LogP contribution in [0, 0.1) is 0 Å². The number of benzene rings is 1. The number of carbonyl (C=O) groups is 1. The van der Waals surface area contributed by atoms with Gasteiger partial charge in [0.05, 0.1) is 5.75 Å². The van der Waals surface area contributed by atoms with Crippen LogP contribution in [0.25, 0.3) is 0 Å². The average molecular weight is 274 g/mol. The van der Waals surface area contributed by atoms with Gasteiger partial charge in [0.2, 0.25) is 5.91 Å². The molecule has 5 nitrogen and oxygen atoms in total. The molecule has 1 aliphatic heterocycles. The summed E-state index contributed by atoms with van der Waals surface area (Å²) < 4.78 is 0. The SMILES string of the molecule is O=C(CSc1ncn[nH]1)N1CCc2ccccc2C1. The van der Waals surface area contributed by atoms with Crippen molar-refractivity contribution in [2.24, 2.45) is 0 Å². The maximum atomic E-state index is 12.1. The van der Waals surface area contributed by atoms with Crippen molar-refractivity contribution in [3.63, 3.8) is 0 Å². The first-order valence-electron chi connectivity index (χ1n) is 6.15. The highest BCUT2D eigenvalue weighted by atomic mass is 32.2. The third-order valence-electron chi connectivity index (χ3n) is 3.21. The number of nitrogens with one attached hydrogen (secondary N) is 1. The van der Waals surface area contributed by atoms with Crippen molar-refractivity contribution in [1.29, 1.82) is 0 Å². The molecule has 0 saturated heterocycles. The Hall–Kier alpha value is -1.82. The average Bonchev–Trinajstić information content (AvgIpc) is 2.97. The smallest absolute Gasteiger partial charge is 0.233 e. The number of rotatable bonds is 3. The molecule has 1 amide bonds. The second kappa shape index (κ2) is 5.44. The Bertz CT molecular complexity index is 570. The second-order valence-corrected chi connectivity index (χ2v) is 5.38. The number of nitrogens with zero attached hydrogens (tertiary/aromatic N) is 3. The van der Waals surface area contributed by atoms with Crippen LogP contribution in [0.1, 0.15) is 11.1 Å². The number of aromatic amines is 1. The summed E-state index contributed by atoms with van der Waals surface area (Å²) in [6.45, 7) is 1.51. The van der Waals surface area contributed by atoms with E-state index >= 15 is 0 Å². The van der Waals surface area contributed by atoms with E-state index in [4.69, 9.17) is 0 Å². The summed E-state index contributed by atoms with van der Waals surface area (Å²) in [5.41, 5.74) is 2.61. The first-order chi connectivity index (χ1) is 9.33. The van der Waals surface area contributed by atoms with Gasteiger partial charge in [0, 0.05) is 13.1 Å². The molecule has 1 N–H and O–H groups in total. The van der Waals surface area contributed by atoms with Crippen molar-refractivity contribution in [3.8, 4) is 0 Å². The van der Waals surface area contributed by atoms with Crippen LogP contribution in [-0.4, -0.2) is 38.3 Å². The van der Waals surface area contributed by atoms with E-state index in [0.717, 1.165) is 13.0 Å². The van der Waals surface area contributed by atoms with E-state index in [1.807, 2.05) is 11.0 Å². The Labute approximate surface area is 115 Å². The normalized spacial score (nSPS) is 14.2. The fourth-order valence-corrected chi connectivity index (χ4v) is 2.88. The fourth-order valence-electron chi connectivity index (χ4n) is 2.19. The van der Waals surface area contributed by atoms with Crippen LogP contribution in [0.2, 0.25) is 0 Å². The van der Waals surface area contributed by atoms with Gasteiger partial charge in [-0.25, -0.2) is 4.98 Å². The molecule has 1 aromatic carbocycles. The monoisotopic (exact) mass is 274 g/mol. The zero-order chi connectivity index (χ0) is 13.1. The highest BCUT2D eigenvalue weighted by Crippen LogP contribution is 2.20. The second-order valence-electron chi connectivity index (χ2n) is 4.41. The first kappa shape index (κ1) is 12.2. The van der Waals surface area contributed by atoms with Gasteiger partial charge in [-0.15, -0.1) is 0 Å². The molecule has 98 valence electrons. The van der Waals surface area contributed by atoms with E-state index in [1.165, 1.54) is 29.2 Å². The molecule has 0 atom stereocenters. The number of H-pyrrole nitrogens is 1. The number of thioether (sulfide) groups is 1. The lowest BCUT2D eigenvalue weighted by Gasteiger charge is -2.28. The fraction of sp³-hybridized carbons (Fsp3) is 0.308. The largest absolute Gasteiger partial charge is 0.337 e. The molecule has 1 aliphatic rings. The summed E-state index contributed by atoms with van der Waals surface area (Å²) in [6, 6.07) is 8.31. The lowest BCUT2D eigenvalue weighted by atomic mass is 10.00. The molecule has 0 unspecified atom stereocenters. The highest BCUT2D eigenvalue weighted by molar-refractivity contribution is 7.99. The van der Waals surface area contributed by atoms with Crippen molar-refractivity contribution < 1.29 is 4.79 Å². The summed E-state index contributed by atoms with van der Waals surface area (Å²) >= 11 is 1.39. The Morgan fingerprint density at radius 3 is 3.00 bits per heavy atom. The van der Waals surface area contributed by atoms with Crippen LogP contribution in [0.4, 0.5) is 0 Å². The maximum absolute atomic E-state index is 12.1. The van der Waals surface area contributed by atoms with Crippen LogP contribution < -0.4 is 0 Å². The van der Waals surface area contributed by atoms with Crippen molar-refractivity contribution in [2.75, 3.05) is 12.3 Å². The van der Waals surface area contributed by atoms with E-state index in [2.05, 4.69) is 33.4 Å². The van der Waals surface area contributed by atoms with Crippen molar-refractivity contribution in [3.05, 3.63) is 41.7 Å². The molecule has 0 aliphatic carbocycles. The molecular weight excluding hydrogens is 260 g/mol. The van der Waals surface area contributed by atoms with Crippen molar-refractivity contribution in [1.82, 2.24) is 20.1 Å². The molecule has 1 aromatic heterocycles. The van der Waals surface area contributed by atoms with Gasteiger partial charge in [0.15, 0.2) is 5.16 Å². The van der Waals surface area contributed by atoms with Crippen LogP contribution in [0.5, 0.6) is 0 Å². The molecule has 0 saturated carbocycles. The summed E-state index contributed by atoms with van der Waals surface area (Å²) in [6.07, 6.45) is 2.39. The van der Waals surface area contributed by atoms with E-state index in [1.54, 1.807) is 0 Å². The van der Waals surface area contributed by atoms with Gasteiger partial charge in [-0.1, -0.05) is 36.0 Å². The summed E-state index contributed by atoms with van der Waals surface area (Å²) in [5, 5.41) is 7.19. The lowest BCUT2D eigenvalue weighted by Crippen LogP contribution is -2.37. The van der Waals surface area contributed by atoms with E-state index in [0.29, 0.717) is 17.5 Å². The third kappa shape index (κ3) is 2.78. The number of hydrogen-bond acceptors (Lipinski definition) is 4. The predicted octanol–water partition coefficient (Wildman–Crippen LogP) is 1.48. The van der Waals surface area contributed by atoms with Crippen molar-refractivity contribution in [2.45, 2.75) is 18.1 Å². The number of fused-ring (bicyclic) bond motifs is 1. The van der Waals surface area contributed by atoms with Gasteiger partial charge in [-0.2, -0.15) is 5.10 Å². The summed E-state index contributed by atoms with van der Waals surface area (Å²) in [7, 11) is 0. The quantitative estimate of drug-likeness (QED) is 0.861. The summed E-state index contributed by atoms with van der Waals surface area (Å²) in [4.78, 5) is 18.0. The molecular formula is C13H14N4OS. The van der Waals surface area contributed by atoms with Gasteiger partial charge in [-0.05, 0) is 17.5 Å². The lowest BCUT2D eigenvalue weighted by molar-refractivity contribution is -0.129. The minimum absolute atomic E-state index is 0.149. The van der Waals surface area contributed by atoms with Gasteiger partial charge in [-0.3, -0.25) is 9.89 Å². The van der Waals surface area contributed by atoms with Crippen LogP contribution >= 0.6 is 11.8 Å². The zero-order valence-electron chi connectivity index (χ0n) is 10.4. The van der Waals surface area contributed by atoms with Crippen LogP contribution in [-0.2, 0) is 17.8 Å². The van der Waals surface area contributed by atoms with Crippen molar-refractivity contribution >= 4 is 17.7 Å². The molecule has 0 fully saturated rings. The Morgan fingerprint density at radius 2 is 2.21 bits per heavy atom. The zero-order valence-corrected chi connectivity index (χ0v) is 11.2. The van der Waals surface area contributed by atoms with Gasteiger partial charge < -0.3 is 4.90 Å². The Kier molecular flexibility index (Phi) is 3.50. The topological polar surface area (TPSA) is 61.9 Å². The molecule has 3 rings (SSSR count). The number of amides is 1. The molecule has 0 spiro atoms. The number of carbonyl (C=O) groups excluding carboxylic acids is 1. The third-order valence-corrected chi connectivity index (χ3v) is 4.07. The van der Waals surface area contributed by atoms with Gasteiger partial charge in [0.1, 0.15) is 6.33 Å². The maximum Gasteiger partial charge on any atom is 0.233 e. The molecule has 2 aromatic rings. The molecule has 19 heavy (non-hydrogen) atoms. The van der Waals surface area contributed by atoms with E-state index in [9.17, 15) is 4.79 Å². The number of hydrogen-bond donors (Lipinski definition) is 1. The van der Waals surface area contributed by atoms with Crippen LogP contribution in [0.15, 0.2) is 35.7 Å². The molecule has 0 bridgehead atoms. The van der Waals surface area contributed by atoms with E-state index in [-0.39, 0.29) is 5.91 Å². The Morgan fingerprint density at radius 1 is 1.37 bits per heavy atom. The predicted molar refractivity (Wildman–Crippen MR) is 72.7 cm³/mol. The first-order valence-corrected chi connectivity index (χ1v) is 7.14. The van der Waals surface area contributed by atoms with Gasteiger partial charge >= 0.3 is 0 Å². The van der Waals surface area contributed by atoms with Gasteiger partial charge in [0.25, 0.3) is 0 Å². The molecule has 0 radical (unpaired) electrons. The van der Waals surface area contributed by atoms with E-state index < -0.39 is 0 Å². The minimum Gasteiger partial charge on any atom is -0.337 e. The number of aromatic nitrogens is 3. The molecule has 6 heteroatoms. The highest BCUT2D eigenvalue weighted by Gasteiger charge is 2.20.